The number of benzene rings is 1. The summed E-state index contributed by atoms with van der Waals surface area (Å²) in [6.07, 6.45) is 9.40. The second-order valence-electron chi connectivity index (χ2n) is 6.41. The fourth-order valence-electron chi connectivity index (χ4n) is 4.00. The van der Waals surface area contributed by atoms with Crippen LogP contribution in [-0.4, -0.2) is 11.0 Å². The van der Waals surface area contributed by atoms with Gasteiger partial charge in [0, 0.05) is 22.1 Å². The van der Waals surface area contributed by atoms with Crippen LogP contribution >= 0.6 is 15.9 Å². The molecule has 0 amide bonds. The summed E-state index contributed by atoms with van der Waals surface area (Å²) < 4.78 is 1.03. The molecule has 2 aliphatic rings. The molecule has 3 heteroatoms. The quantitative estimate of drug-likeness (QED) is 0.793. The van der Waals surface area contributed by atoms with Crippen molar-refractivity contribution in [3.8, 4) is 0 Å². The van der Waals surface area contributed by atoms with Crippen LogP contribution in [0.25, 0.3) is 10.9 Å². The SMILES string of the molecule is CC(Nc1cccc2cc(Br)cnc12)C1CC2C=CC1C2. The van der Waals surface area contributed by atoms with E-state index >= 15 is 0 Å². The molecule has 1 saturated carbocycles. The molecule has 0 saturated heterocycles. The van der Waals surface area contributed by atoms with Gasteiger partial charge in [-0.05, 0) is 65.6 Å². The van der Waals surface area contributed by atoms with Crippen LogP contribution in [0.3, 0.4) is 0 Å². The Labute approximate surface area is 133 Å². The van der Waals surface area contributed by atoms with Gasteiger partial charge in [0.1, 0.15) is 0 Å². The summed E-state index contributed by atoms with van der Waals surface area (Å²) in [4.78, 5) is 4.58. The molecule has 4 unspecified atom stereocenters. The van der Waals surface area contributed by atoms with E-state index in [0.717, 1.165) is 33.4 Å². The summed E-state index contributed by atoms with van der Waals surface area (Å²) in [5.74, 6) is 2.35. The Morgan fingerprint density at radius 2 is 2.19 bits per heavy atom. The summed E-state index contributed by atoms with van der Waals surface area (Å²) in [7, 11) is 0. The van der Waals surface area contributed by atoms with E-state index in [0.29, 0.717) is 6.04 Å². The van der Waals surface area contributed by atoms with Gasteiger partial charge in [-0.1, -0.05) is 24.3 Å². The van der Waals surface area contributed by atoms with E-state index in [-0.39, 0.29) is 0 Å². The molecule has 1 aromatic heterocycles. The predicted molar refractivity (Wildman–Crippen MR) is 91.4 cm³/mol. The van der Waals surface area contributed by atoms with E-state index < -0.39 is 0 Å². The molecule has 108 valence electrons. The highest BCUT2D eigenvalue weighted by Crippen LogP contribution is 2.45. The van der Waals surface area contributed by atoms with E-state index in [1.807, 2.05) is 6.20 Å². The Morgan fingerprint density at radius 3 is 2.95 bits per heavy atom. The zero-order chi connectivity index (χ0) is 14.4. The third-order valence-electron chi connectivity index (χ3n) is 5.03. The minimum absolute atomic E-state index is 0.487. The minimum atomic E-state index is 0.487. The van der Waals surface area contributed by atoms with Gasteiger partial charge in [0.25, 0.3) is 0 Å². The van der Waals surface area contributed by atoms with Gasteiger partial charge in [0.15, 0.2) is 0 Å². The molecule has 0 spiro atoms. The fourth-order valence-corrected chi connectivity index (χ4v) is 4.35. The Kier molecular flexibility index (Phi) is 3.26. The van der Waals surface area contributed by atoms with Crippen molar-refractivity contribution in [1.82, 2.24) is 4.98 Å². The van der Waals surface area contributed by atoms with Crippen molar-refractivity contribution < 1.29 is 0 Å². The van der Waals surface area contributed by atoms with E-state index in [2.05, 4.69) is 69.6 Å². The number of hydrogen-bond acceptors (Lipinski definition) is 2. The minimum Gasteiger partial charge on any atom is -0.381 e. The van der Waals surface area contributed by atoms with Crippen LogP contribution in [-0.2, 0) is 0 Å². The first-order valence-electron chi connectivity index (χ1n) is 7.70. The number of aromatic nitrogens is 1. The monoisotopic (exact) mass is 342 g/mol. The first-order chi connectivity index (χ1) is 10.2. The summed E-state index contributed by atoms with van der Waals surface area (Å²) >= 11 is 3.49. The van der Waals surface area contributed by atoms with Gasteiger partial charge in [-0.25, -0.2) is 0 Å². The van der Waals surface area contributed by atoms with Gasteiger partial charge < -0.3 is 5.32 Å². The van der Waals surface area contributed by atoms with Crippen molar-refractivity contribution >= 4 is 32.5 Å². The lowest BCUT2D eigenvalue weighted by Gasteiger charge is -2.27. The molecule has 1 fully saturated rings. The standard InChI is InChI=1S/C18H19BrN2/c1-11(16-8-12-5-6-13(16)7-12)21-17-4-2-3-14-9-15(19)10-20-18(14)17/h2-6,9-13,16,21H,7-8H2,1H3. The maximum atomic E-state index is 4.58. The number of halogens is 1. The number of fused-ring (bicyclic) bond motifs is 3. The number of para-hydroxylation sites is 1. The Hall–Kier alpha value is -1.35. The number of allylic oxidation sites excluding steroid dienone is 2. The number of rotatable bonds is 3. The molecule has 2 aromatic rings. The maximum Gasteiger partial charge on any atom is 0.0934 e. The van der Waals surface area contributed by atoms with Crippen molar-refractivity contribution in [2.75, 3.05) is 5.32 Å². The van der Waals surface area contributed by atoms with Crippen LogP contribution < -0.4 is 5.32 Å². The smallest absolute Gasteiger partial charge is 0.0934 e. The molecule has 1 N–H and O–H groups in total. The lowest BCUT2D eigenvalue weighted by atomic mass is 9.87. The van der Waals surface area contributed by atoms with Gasteiger partial charge in [0.05, 0.1) is 11.2 Å². The van der Waals surface area contributed by atoms with E-state index in [4.69, 9.17) is 0 Å². The Bertz CT molecular complexity index is 709. The highest BCUT2D eigenvalue weighted by Gasteiger charge is 2.38. The van der Waals surface area contributed by atoms with Crippen molar-refractivity contribution in [3.05, 3.63) is 47.1 Å². The highest BCUT2D eigenvalue weighted by atomic mass is 79.9. The molecule has 21 heavy (non-hydrogen) atoms. The molecular formula is C18H19BrN2. The van der Waals surface area contributed by atoms with E-state index in [9.17, 15) is 0 Å². The zero-order valence-electron chi connectivity index (χ0n) is 12.1. The first kappa shape index (κ1) is 13.3. The molecule has 4 atom stereocenters. The summed E-state index contributed by atoms with van der Waals surface area (Å²) in [5, 5.41) is 4.89. The molecule has 1 aromatic carbocycles. The largest absolute Gasteiger partial charge is 0.381 e. The van der Waals surface area contributed by atoms with Crippen LogP contribution in [0.4, 0.5) is 5.69 Å². The molecule has 0 aliphatic heterocycles. The van der Waals surface area contributed by atoms with E-state index in [1.165, 1.54) is 18.2 Å². The van der Waals surface area contributed by atoms with Gasteiger partial charge in [-0.2, -0.15) is 0 Å². The third-order valence-corrected chi connectivity index (χ3v) is 5.47. The van der Waals surface area contributed by atoms with Crippen molar-refractivity contribution in [3.63, 3.8) is 0 Å². The molecule has 2 nitrogen and oxygen atoms in total. The molecular weight excluding hydrogens is 324 g/mol. The van der Waals surface area contributed by atoms with Crippen LogP contribution in [0.2, 0.25) is 0 Å². The number of nitrogens with zero attached hydrogens (tertiary/aromatic N) is 1. The zero-order valence-corrected chi connectivity index (χ0v) is 13.7. The number of pyridine rings is 1. The van der Waals surface area contributed by atoms with Crippen molar-refractivity contribution in [2.24, 2.45) is 17.8 Å². The fraction of sp³-hybridized carbons (Fsp3) is 0.389. The van der Waals surface area contributed by atoms with Crippen LogP contribution in [0.5, 0.6) is 0 Å². The summed E-state index contributed by atoms with van der Waals surface area (Å²) in [5.41, 5.74) is 2.21. The second kappa shape index (κ2) is 5.13. The summed E-state index contributed by atoms with van der Waals surface area (Å²) in [6, 6.07) is 8.97. The maximum absolute atomic E-state index is 4.58. The van der Waals surface area contributed by atoms with Crippen LogP contribution in [0, 0.1) is 17.8 Å². The molecule has 1 heterocycles. The number of nitrogens with one attached hydrogen (secondary N) is 1. The Balaban J connectivity index is 1.61. The lowest BCUT2D eigenvalue weighted by Crippen LogP contribution is -2.28. The van der Waals surface area contributed by atoms with Crippen molar-refractivity contribution in [1.29, 1.82) is 0 Å². The third kappa shape index (κ3) is 2.38. The topological polar surface area (TPSA) is 24.9 Å². The molecule has 4 rings (SSSR count). The average Bonchev–Trinajstić information content (AvgIpc) is 3.10. The van der Waals surface area contributed by atoms with E-state index in [1.54, 1.807) is 0 Å². The van der Waals surface area contributed by atoms with Gasteiger partial charge in [-0.15, -0.1) is 0 Å². The molecule has 0 radical (unpaired) electrons. The predicted octanol–water partition coefficient (Wildman–Crippen LogP) is 5.01. The average molecular weight is 343 g/mol. The van der Waals surface area contributed by atoms with Crippen LogP contribution in [0.15, 0.2) is 47.1 Å². The lowest BCUT2D eigenvalue weighted by molar-refractivity contribution is 0.400. The summed E-state index contributed by atoms with van der Waals surface area (Å²) in [6.45, 7) is 2.32. The number of hydrogen-bond donors (Lipinski definition) is 1. The second-order valence-corrected chi connectivity index (χ2v) is 7.32. The normalized spacial score (nSPS) is 28.2. The molecule has 2 bridgehead atoms. The highest BCUT2D eigenvalue weighted by molar-refractivity contribution is 9.10. The van der Waals surface area contributed by atoms with Crippen LogP contribution in [0.1, 0.15) is 19.8 Å². The molecule has 2 aliphatic carbocycles. The van der Waals surface area contributed by atoms with Gasteiger partial charge >= 0.3 is 0 Å². The van der Waals surface area contributed by atoms with Gasteiger partial charge in [0.2, 0.25) is 0 Å². The van der Waals surface area contributed by atoms with Gasteiger partial charge in [-0.3, -0.25) is 4.98 Å². The Morgan fingerprint density at radius 1 is 1.29 bits per heavy atom. The number of anilines is 1. The first-order valence-corrected chi connectivity index (χ1v) is 8.49. The van der Waals surface area contributed by atoms with Crippen molar-refractivity contribution in [2.45, 2.75) is 25.8 Å².